The van der Waals surface area contributed by atoms with E-state index in [9.17, 15) is 14.4 Å². The Morgan fingerprint density at radius 1 is 1.07 bits per heavy atom. The van der Waals surface area contributed by atoms with Gasteiger partial charge in [-0.3, -0.25) is 9.69 Å². The van der Waals surface area contributed by atoms with Crippen LogP contribution < -0.4 is 15.4 Å². The number of allylic oxidation sites excluding steroid dienone is 3. The van der Waals surface area contributed by atoms with Gasteiger partial charge in [-0.25, -0.2) is 4.39 Å². The van der Waals surface area contributed by atoms with E-state index in [-0.39, 0.29) is 27.6 Å². The lowest BCUT2D eigenvalue weighted by Gasteiger charge is -2.44. The van der Waals surface area contributed by atoms with E-state index < -0.39 is 11.7 Å². The van der Waals surface area contributed by atoms with E-state index in [2.05, 4.69) is 12.1 Å². The molecule has 1 heterocycles. The minimum absolute atomic E-state index is 0.0304. The van der Waals surface area contributed by atoms with Crippen molar-refractivity contribution in [3.05, 3.63) is 116 Å². The number of nitrogens with two attached hydrogens (primary N) is 1. The second-order valence-corrected chi connectivity index (χ2v) is 12.2. The van der Waals surface area contributed by atoms with Gasteiger partial charge in [0.15, 0.2) is 5.78 Å². The number of benzene rings is 3. The summed E-state index contributed by atoms with van der Waals surface area (Å²) in [5, 5.41) is 10.4. The van der Waals surface area contributed by atoms with Gasteiger partial charge < -0.3 is 10.5 Å². The zero-order chi connectivity index (χ0) is 29.6. The minimum atomic E-state index is -0.635. The third kappa shape index (κ3) is 5.35. The van der Waals surface area contributed by atoms with Crippen LogP contribution in [-0.4, -0.2) is 5.78 Å². The van der Waals surface area contributed by atoms with E-state index in [0.29, 0.717) is 36.4 Å². The summed E-state index contributed by atoms with van der Waals surface area (Å²) >= 11 is 6.15. The zero-order valence-corrected chi connectivity index (χ0v) is 24.7. The molecular weight excluding hydrogens is 537 g/mol. The van der Waals surface area contributed by atoms with Crippen molar-refractivity contribution in [3.63, 3.8) is 0 Å². The fourth-order valence-electron chi connectivity index (χ4n) is 5.92. The predicted molar refractivity (Wildman–Crippen MR) is 160 cm³/mol. The Morgan fingerprint density at radius 2 is 1.78 bits per heavy atom. The summed E-state index contributed by atoms with van der Waals surface area (Å²) in [5.41, 5.74) is 13.4. The molecule has 1 aliphatic carbocycles. The topological polar surface area (TPSA) is 79.3 Å². The van der Waals surface area contributed by atoms with Crippen molar-refractivity contribution in [2.45, 2.75) is 60.0 Å². The highest BCUT2D eigenvalue weighted by Gasteiger charge is 2.45. The van der Waals surface area contributed by atoms with Gasteiger partial charge in [0.05, 0.1) is 22.6 Å². The molecule has 0 radical (unpaired) electrons. The molecule has 5 nitrogen and oxygen atoms in total. The van der Waals surface area contributed by atoms with Crippen LogP contribution in [0.15, 0.2) is 77.3 Å². The normalized spacial score (nSPS) is 18.3. The van der Waals surface area contributed by atoms with Gasteiger partial charge in [0.2, 0.25) is 0 Å². The Morgan fingerprint density at radius 3 is 2.44 bits per heavy atom. The van der Waals surface area contributed by atoms with E-state index in [1.54, 1.807) is 11.0 Å². The Bertz CT molecular complexity index is 1660. The first-order chi connectivity index (χ1) is 19.4. The van der Waals surface area contributed by atoms with Gasteiger partial charge in [0.25, 0.3) is 0 Å². The van der Waals surface area contributed by atoms with Crippen LogP contribution in [0.4, 0.5) is 10.1 Å². The van der Waals surface area contributed by atoms with Crippen molar-refractivity contribution in [2.75, 3.05) is 4.90 Å². The number of nitriles is 1. The molecule has 41 heavy (non-hydrogen) atoms. The molecule has 0 saturated heterocycles. The second kappa shape index (κ2) is 10.7. The van der Waals surface area contributed by atoms with Crippen molar-refractivity contribution < 1.29 is 13.9 Å². The maximum absolute atomic E-state index is 14.1. The van der Waals surface area contributed by atoms with Crippen molar-refractivity contribution >= 4 is 23.1 Å². The zero-order valence-electron chi connectivity index (χ0n) is 23.9. The van der Waals surface area contributed by atoms with Gasteiger partial charge in [-0.05, 0) is 85.2 Å². The fraction of sp³-hybridized carbons (Fsp3) is 0.294. The molecule has 1 unspecified atom stereocenters. The van der Waals surface area contributed by atoms with Gasteiger partial charge in [-0.1, -0.05) is 55.3 Å². The fourth-order valence-corrected chi connectivity index (χ4v) is 6.09. The van der Waals surface area contributed by atoms with Crippen LogP contribution in [0.1, 0.15) is 60.4 Å². The van der Waals surface area contributed by atoms with Crippen LogP contribution in [0.3, 0.4) is 0 Å². The molecule has 7 heteroatoms. The predicted octanol–water partition coefficient (Wildman–Crippen LogP) is 7.92. The summed E-state index contributed by atoms with van der Waals surface area (Å²) in [6.07, 6.45) is 0.889. The molecule has 3 aromatic rings. The molecule has 5 rings (SSSR count). The van der Waals surface area contributed by atoms with Gasteiger partial charge in [-0.15, -0.1) is 0 Å². The van der Waals surface area contributed by atoms with Crippen LogP contribution in [-0.2, 0) is 11.4 Å². The first-order valence-corrected chi connectivity index (χ1v) is 14.0. The first-order valence-electron chi connectivity index (χ1n) is 13.6. The lowest BCUT2D eigenvalue weighted by molar-refractivity contribution is -0.118. The van der Waals surface area contributed by atoms with Gasteiger partial charge in [0.1, 0.15) is 24.0 Å². The number of ketones is 1. The van der Waals surface area contributed by atoms with Crippen molar-refractivity contribution in [1.82, 2.24) is 0 Å². The molecule has 2 N–H and O–H groups in total. The Kier molecular flexibility index (Phi) is 7.44. The maximum Gasteiger partial charge on any atom is 0.162 e. The SMILES string of the molecule is Cc1ccc(OCc2cc(C3C(C#N)=C(N)N(c4ccc(F)c(Cl)c4)C4=C3C(=O)CC(C)(C)C4)c(C)cc2C)cc1. The van der Waals surface area contributed by atoms with Crippen molar-refractivity contribution in [2.24, 2.45) is 11.1 Å². The molecule has 0 amide bonds. The maximum atomic E-state index is 14.1. The van der Waals surface area contributed by atoms with E-state index in [1.165, 1.54) is 12.1 Å². The van der Waals surface area contributed by atoms with E-state index in [1.807, 2.05) is 65.0 Å². The average Bonchev–Trinajstić information content (AvgIpc) is 2.90. The molecule has 0 saturated carbocycles. The number of carbonyl (C=O) groups excluding carboxylic acids is 1. The number of nitrogens with zero attached hydrogens (tertiary/aromatic N) is 2. The first kappa shape index (κ1) is 28.4. The van der Waals surface area contributed by atoms with Gasteiger partial charge >= 0.3 is 0 Å². The number of hydrogen-bond acceptors (Lipinski definition) is 5. The number of carbonyl (C=O) groups is 1. The molecular formula is C34H33ClFN3O2. The second-order valence-electron chi connectivity index (χ2n) is 11.8. The van der Waals surface area contributed by atoms with Crippen LogP contribution in [0, 0.1) is 43.3 Å². The molecule has 0 spiro atoms. The van der Waals surface area contributed by atoms with Crippen LogP contribution >= 0.6 is 11.6 Å². The average molecular weight is 570 g/mol. The lowest BCUT2D eigenvalue weighted by atomic mass is 9.68. The molecule has 3 aromatic carbocycles. The van der Waals surface area contributed by atoms with E-state index in [4.69, 9.17) is 22.1 Å². The Balaban J connectivity index is 1.66. The van der Waals surface area contributed by atoms with E-state index in [0.717, 1.165) is 33.6 Å². The highest BCUT2D eigenvalue weighted by molar-refractivity contribution is 6.31. The minimum Gasteiger partial charge on any atom is -0.489 e. The highest BCUT2D eigenvalue weighted by Crippen LogP contribution is 2.51. The summed E-state index contributed by atoms with van der Waals surface area (Å²) < 4.78 is 20.2. The summed E-state index contributed by atoms with van der Waals surface area (Å²) in [7, 11) is 0. The molecule has 210 valence electrons. The van der Waals surface area contributed by atoms with Crippen molar-refractivity contribution in [3.8, 4) is 11.8 Å². The quantitative estimate of drug-likeness (QED) is 0.337. The number of Topliss-reactive ketones (excluding diaryl/α,β-unsaturated/α-hetero) is 1. The summed E-state index contributed by atoms with van der Waals surface area (Å²) in [4.78, 5) is 15.6. The summed E-state index contributed by atoms with van der Waals surface area (Å²) in [5.74, 6) is -0.248. The van der Waals surface area contributed by atoms with Gasteiger partial charge in [-0.2, -0.15) is 5.26 Å². The number of aryl methyl sites for hydroxylation is 3. The standard InChI is InChI=1S/C34H33ClFN3O2/c1-19-6-9-24(10-7-19)41-18-22-13-25(21(3)12-20(22)2)31-26(17-37)33(38)39(23-8-11-28(36)27(35)14-23)29-15-34(4,5)16-30(40)32(29)31/h6-14,31H,15-16,18,38H2,1-5H3. The highest BCUT2D eigenvalue weighted by atomic mass is 35.5. The number of ether oxygens (including phenoxy) is 1. The number of rotatable bonds is 5. The van der Waals surface area contributed by atoms with Crippen molar-refractivity contribution in [1.29, 1.82) is 5.26 Å². The molecule has 2 aliphatic rings. The third-order valence-corrected chi connectivity index (χ3v) is 8.28. The summed E-state index contributed by atoms with van der Waals surface area (Å²) in [6.45, 7) is 10.5. The summed E-state index contributed by atoms with van der Waals surface area (Å²) in [6, 6.07) is 18.6. The van der Waals surface area contributed by atoms with Crippen LogP contribution in [0.5, 0.6) is 5.75 Å². The number of hydrogen-bond donors (Lipinski definition) is 1. The molecule has 0 bridgehead atoms. The molecule has 1 aliphatic heterocycles. The number of halogens is 2. The van der Waals surface area contributed by atoms with Crippen LogP contribution in [0.2, 0.25) is 5.02 Å². The molecule has 1 atom stereocenters. The molecule has 0 aromatic heterocycles. The Labute approximate surface area is 245 Å². The lowest BCUT2D eigenvalue weighted by Crippen LogP contribution is -2.42. The Hall–Kier alpha value is -4.08. The monoisotopic (exact) mass is 569 g/mol. The smallest absolute Gasteiger partial charge is 0.162 e. The molecule has 0 fully saturated rings. The van der Waals surface area contributed by atoms with Gasteiger partial charge in [0, 0.05) is 23.4 Å². The number of anilines is 1. The third-order valence-electron chi connectivity index (χ3n) is 7.99. The largest absolute Gasteiger partial charge is 0.489 e. The van der Waals surface area contributed by atoms with Crippen LogP contribution in [0.25, 0.3) is 0 Å². The van der Waals surface area contributed by atoms with E-state index >= 15 is 0 Å².